The molecular weight excluding hydrogens is 250 g/mol. The maximum absolute atomic E-state index is 11.8. The summed E-state index contributed by atoms with van der Waals surface area (Å²) in [5, 5.41) is 18.7. The molecule has 2 rings (SSSR count). The summed E-state index contributed by atoms with van der Waals surface area (Å²) in [6.45, 7) is 0.170. The molecule has 1 heterocycles. The Morgan fingerprint density at radius 1 is 1.21 bits per heavy atom. The topological polar surface area (TPSA) is 79.2 Å². The highest BCUT2D eigenvalue weighted by molar-refractivity contribution is 5.78. The second kappa shape index (κ2) is 5.90. The van der Waals surface area contributed by atoms with Gasteiger partial charge in [-0.2, -0.15) is 0 Å². The van der Waals surface area contributed by atoms with E-state index in [0.29, 0.717) is 11.5 Å². The van der Waals surface area contributed by atoms with E-state index >= 15 is 0 Å². The van der Waals surface area contributed by atoms with Gasteiger partial charge < -0.3 is 24.6 Å². The van der Waals surface area contributed by atoms with Gasteiger partial charge in [0.25, 0.3) is 5.91 Å². The lowest BCUT2D eigenvalue weighted by Gasteiger charge is -2.15. The molecule has 1 saturated heterocycles. The van der Waals surface area contributed by atoms with Crippen LogP contribution in [0.4, 0.5) is 0 Å². The Kier molecular flexibility index (Phi) is 4.24. The van der Waals surface area contributed by atoms with E-state index in [0.717, 1.165) is 0 Å². The smallest absolute Gasteiger partial charge is 0.260 e. The fourth-order valence-electron chi connectivity index (χ4n) is 1.88. The van der Waals surface area contributed by atoms with Crippen LogP contribution in [0.2, 0.25) is 0 Å². The van der Waals surface area contributed by atoms with Gasteiger partial charge in [0, 0.05) is 13.1 Å². The van der Waals surface area contributed by atoms with Gasteiger partial charge in [0.1, 0.15) is 11.5 Å². The van der Waals surface area contributed by atoms with Gasteiger partial charge >= 0.3 is 0 Å². The summed E-state index contributed by atoms with van der Waals surface area (Å²) in [4.78, 5) is 13.2. The summed E-state index contributed by atoms with van der Waals surface area (Å²) in [5.41, 5.74) is 0. The van der Waals surface area contributed by atoms with Gasteiger partial charge in [0.15, 0.2) is 6.61 Å². The van der Waals surface area contributed by atoms with Crippen molar-refractivity contribution >= 4 is 5.91 Å². The zero-order valence-corrected chi connectivity index (χ0v) is 10.7. The number of aliphatic hydroxyl groups is 2. The second-order valence-electron chi connectivity index (χ2n) is 4.40. The molecule has 0 radical (unpaired) electrons. The molecule has 6 heteroatoms. The average molecular weight is 267 g/mol. The summed E-state index contributed by atoms with van der Waals surface area (Å²) in [6.07, 6.45) is -1.74. The minimum absolute atomic E-state index is 0.119. The van der Waals surface area contributed by atoms with Crippen LogP contribution in [0.1, 0.15) is 0 Å². The molecular formula is C13H17NO5. The van der Waals surface area contributed by atoms with Gasteiger partial charge in [-0.05, 0) is 24.3 Å². The van der Waals surface area contributed by atoms with Crippen LogP contribution in [0.25, 0.3) is 0 Å². The number of methoxy groups -OCH3 is 1. The second-order valence-corrected chi connectivity index (χ2v) is 4.40. The number of aliphatic hydroxyl groups excluding tert-OH is 2. The number of amides is 1. The van der Waals surface area contributed by atoms with Crippen LogP contribution in [0.3, 0.4) is 0 Å². The molecule has 19 heavy (non-hydrogen) atoms. The molecule has 1 aliphatic heterocycles. The normalized spacial score (nSPS) is 22.4. The van der Waals surface area contributed by atoms with E-state index in [1.807, 2.05) is 0 Å². The minimum Gasteiger partial charge on any atom is -0.497 e. The minimum atomic E-state index is -0.870. The van der Waals surface area contributed by atoms with Gasteiger partial charge in [0.05, 0.1) is 19.3 Å². The lowest BCUT2D eigenvalue weighted by molar-refractivity contribution is -0.132. The third-order valence-corrected chi connectivity index (χ3v) is 3.03. The number of likely N-dealkylation sites (tertiary alicyclic amines) is 1. The van der Waals surface area contributed by atoms with Crippen LogP contribution in [-0.2, 0) is 4.79 Å². The van der Waals surface area contributed by atoms with Crippen molar-refractivity contribution < 1.29 is 24.5 Å². The van der Waals surface area contributed by atoms with Crippen molar-refractivity contribution in [2.75, 3.05) is 26.8 Å². The van der Waals surface area contributed by atoms with E-state index < -0.39 is 12.2 Å². The number of β-amino-alcohol motifs (C(OH)–C–C–N with tert-alkyl or cyclic N) is 2. The van der Waals surface area contributed by atoms with Crippen LogP contribution in [0.15, 0.2) is 24.3 Å². The van der Waals surface area contributed by atoms with Crippen molar-refractivity contribution in [1.82, 2.24) is 4.90 Å². The highest BCUT2D eigenvalue weighted by Crippen LogP contribution is 2.17. The molecule has 2 N–H and O–H groups in total. The number of ether oxygens (including phenoxy) is 2. The summed E-state index contributed by atoms with van der Waals surface area (Å²) >= 11 is 0. The first kappa shape index (κ1) is 13.6. The zero-order chi connectivity index (χ0) is 13.8. The van der Waals surface area contributed by atoms with E-state index in [4.69, 9.17) is 9.47 Å². The van der Waals surface area contributed by atoms with Crippen LogP contribution in [0, 0.1) is 0 Å². The van der Waals surface area contributed by atoms with Crippen LogP contribution >= 0.6 is 0 Å². The first-order chi connectivity index (χ1) is 9.10. The van der Waals surface area contributed by atoms with E-state index in [9.17, 15) is 15.0 Å². The molecule has 1 amide bonds. The summed E-state index contributed by atoms with van der Waals surface area (Å²) in [6, 6.07) is 6.89. The van der Waals surface area contributed by atoms with Gasteiger partial charge in [-0.3, -0.25) is 4.79 Å². The number of benzene rings is 1. The maximum Gasteiger partial charge on any atom is 0.260 e. The quantitative estimate of drug-likeness (QED) is 0.778. The average Bonchev–Trinajstić information content (AvgIpc) is 2.77. The fourth-order valence-corrected chi connectivity index (χ4v) is 1.88. The Morgan fingerprint density at radius 3 is 2.26 bits per heavy atom. The molecule has 0 saturated carbocycles. The standard InChI is InChI=1S/C13H17NO5/c1-18-9-2-4-10(5-3-9)19-8-13(17)14-6-11(15)12(16)7-14/h2-5,11-12,15-16H,6-8H2,1H3. The number of hydrogen-bond acceptors (Lipinski definition) is 5. The predicted molar refractivity (Wildman–Crippen MR) is 67.1 cm³/mol. The van der Waals surface area contributed by atoms with Crippen LogP contribution in [0.5, 0.6) is 11.5 Å². The Bertz CT molecular complexity index is 423. The van der Waals surface area contributed by atoms with Gasteiger partial charge in [-0.25, -0.2) is 0 Å². The molecule has 1 aliphatic rings. The first-order valence-electron chi connectivity index (χ1n) is 6.01. The third kappa shape index (κ3) is 3.36. The Labute approximate surface area is 111 Å². The first-order valence-corrected chi connectivity index (χ1v) is 6.01. The lowest BCUT2D eigenvalue weighted by atomic mass is 10.3. The zero-order valence-electron chi connectivity index (χ0n) is 10.7. The number of nitrogens with zero attached hydrogens (tertiary/aromatic N) is 1. The Balaban J connectivity index is 1.83. The van der Waals surface area contributed by atoms with Crippen molar-refractivity contribution in [1.29, 1.82) is 0 Å². The largest absolute Gasteiger partial charge is 0.497 e. The van der Waals surface area contributed by atoms with E-state index in [1.165, 1.54) is 4.90 Å². The Morgan fingerprint density at radius 2 is 1.74 bits per heavy atom. The van der Waals surface area contributed by atoms with E-state index in [1.54, 1.807) is 31.4 Å². The van der Waals surface area contributed by atoms with Gasteiger partial charge in [-0.15, -0.1) is 0 Å². The molecule has 0 aromatic heterocycles. The number of hydrogen-bond donors (Lipinski definition) is 2. The summed E-state index contributed by atoms with van der Waals surface area (Å²) in [5.74, 6) is 1.02. The van der Waals surface area contributed by atoms with Crippen molar-refractivity contribution in [3.8, 4) is 11.5 Å². The van der Waals surface area contributed by atoms with Crippen LogP contribution < -0.4 is 9.47 Å². The molecule has 2 atom stereocenters. The molecule has 0 spiro atoms. The molecule has 6 nitrogen and oxygen atoms in total. The molecule has 1 aromatic carbocycles. The van der Waals surface area contributed by atoms with Crippen molar-refractivity contribution in [2.24, 2.45) is 0 Å². The van der Waals surface area contributed by atoms with Crippen molar-refractivity contribution in [3.63, 3.8) is 0 Å². The molecule has 2 unspecified atom stereocenters. The van der Waals surface area contributed by atoms with E-state index in [-0.39, 0.29) is 25.6 Å². The van der Waals surface area contributed by atoms with Gasteiger partial charge in [0.2, 0.25) is 0 Å². The Hall–Kier alpha value is -1.79. The van der Waals surface area contributed by atoms with E-state index in [2.05, 4.69) is 0 Å². The molecule has 0 bridgehead atoms. The molecule has 1 aromatic rings. The maximum atomic E-state index is 11.8. The third-order valence-electron chi connectivity index (χ3n) is 3.03. The predicted octanol–water partition coefficient (Wildman–Crippen LogP) is -0.362. The molecule has 104 valence electrons. The highest BCUT2D eigenvalue weighted by atomic mass is 16.5. The lowest BCUT2D eigenvalue weighted by Crippen LogP contribution is -2.33. The molecule has 0 aliphatic carbocycles. The van der Waals surface area contributed by atoms with Crippen LogP contribution in [-0.4, -0.2) is 60.0 Å². The summed E-state index contributed by atoms with van der Waals surface area (Å²) < 4.78 is 10.4. The highest BCUT2D eigenvalue weighted by Gasteiger charge is 2.32. The number of rotatable bonds is 4. The number of carbonyl (C=O) groups excluding carboxylic acids is 1. The van der Waals surface area contributed by atoms with Gasteiger partial charge in [-0.1, -0.05) is 0 Å². The number of carbonyl (C=O) groups is 1. The SMILES string of the molecule is COc1ccc(OCC(=O)N2CC(O)C(O)C2)cc1. The van der Waals surface area contributed by atoms with Crippen molar-refractivity contribution in [2.45, 2.75) is 12.2 Å². The molecule has 1 fully saturated rings. The fraction of sp³-hybridized carbons (Fsp3) is 0.462. The summed E-state index contributed by atoms with van der Waals surface area (Å²) in [7, 11) is 1.57. The monoisotopic (exact) mass is 267 g/mol. The van der Waals surface area contributed by atoms with Crippen molar-refractivity contribution in [3.05, 3.63) is 24.3 Å².